The molecule has 0 unspecified atom stereocenters. The van der Waals surface area contributed by atoms with Gasteiger partial charge in [-0.2, -0.15) is 0 Å². The summed E-state index contributed by atoms with van der Waals surface area (Å²) in [5, 5.41) is 3.33. The Bertz CT molecular complexity index is 229. The topological polar surface area (TPSA) is 38.3 Å². The number of unbranched alkanes of at least 4 members (excludes halogenated alkanes) is 3. The summed E-state index contributed by atoms with van der Waals surface area (Å²) in [5.74, 6) is 0.0577. The van der Waals surface area contributed by atoms with Crippen LogP contribution in [0.2, 0.25) is 0 Å². The molecule has 3 heteroatoms. The first-order valence-electron chi connectivity index (χ1n) is 7.63. The summed E-state index contributed by atoms with van der Waals surface area (Å²) in [7, 11) is 0. The molecule has 3 nitrogen and oxygen atoms in total. The maximum Gasteiger partial charge on any atom is 0.312 e. The van der Waals surface area contributed by atoms with Gasteiger partial charge in [-0.05, 0) is 38.8 Å². The van der Waals surface area contributed by atoms with E-state index < -0.39 is 0 Å². The minimum Gasteiger partial charge on any atom is -0.465 e. The SMILES string of the molecule is CCCCCCOC(=O)C1(CCC)CCNCC1. The van der Waals surface area contributed by atoms with Crippen LogP contribution in [0.5, 0.6) is 0 Å². The number of nitrogens with one attached hydrogen (secondary N) is 1. The summed E-state index contributed by atoms with van der Waals surface area (Å²) >= 11 is 0. The highest BCUT2D eigenvalue weighted by molar-refractivity contribution is 5.77. The van der Waals surface area contributed by atoms with Gasteiger partial charge in [0.1, 0.15) is 0 Å². The molecule has 18 heavy (non-hydrogen) atoms. The lowest BCUT2D eigenvalue weighted by molar-refractivity contribution is -0.158. The van der Waals surface area contributed by atoms with Crippen molar-refractivity contribution in [3.05, 3.63) is 0 Å². The van der Waals surface area contributed by atoms with Crippen molar-refractivity contribution in [2.75, 3.05) is 19.7 Å². The second kappa shape index (κ2) is 8.52. The first kappa shape index (κ1) is 15.5. The summed E-state index contributed by atoms with van der Waals surface area (Å²) in [6.07, 6.45) is 8.56. The summed E-state index contributed by atoms with van der Waals surface area (Å²) in [6.45, 7) is 6.85. The van der Waals surface area contributed by atoms with E-state index in [-0.39, 0.29) is 11.4 Å². The smallest absolute Gasteiger partial charge is 0.312 e. The normalized spacial score (nSPS) is 18.6. The molecule has 0 spiro atoms. The van der Waals surface area contributed by atoms with Gasteiger partial charge in [0.15, 0.2) is 0 Å². The van der Waals surface area contributed by atoms with Crippen LogP contribution in [0, 0.1) is 5.41 Å². The Morgan fingerprint density at radius 3 is 2.44 bits per heavy atom. The number of carbonyl (C=O) groups excluding carboxylic acids is 1. The number of hydrogen-bond acceptors (Lipinski definition) is 3. The van der Waals surface area contributed by atoms with Crippen molar-refractivity contribution < 1.29 is 9.53 Å². The Morgan fingerprint density at radius 2 is 1.83 bits per heavy atom. The molecule has 1 fully saturated rings. The van der Waals surface area contributed by atoms with E-state index in [4.69, 9.17) is 4.74 Å². The van der Waals surface area contributed by atoms with Crippen LogP contribution in [-0.2, 0) is 9.53 Å². The molecular weight excluding hydrogens is 226 g/mol. The van der Waals surface area contributed by atoms with Crippen LogP contribution in [0.4, 0.5) is 0 Å². The van der Waals surface area contributed by atoms with E-state index in [2.05, 4.69) is 19.2 Å². The van der Waals surface area contributed by atoms with Crippen molar-refractivity contribution in [2.45, 2.75) is 65.2 Å². The number of hydrogen-bond donors (Lipinski definition) is 1. The first-order valence-corrected chi connectivity index (χ1v) is 7.63. The van der Waals surface area contributed by atoms with Crippen LogP contribution >= 0.6 is 0 Å². The summed E-state index contributed by atoms with van der Waals surface area (Å²) in [6, 6.07) is 0. The van der Waals surface area contributed by atoms with Crippen LogP contribution in [0.15, 0.2) is 0 Å². The van der Waals surface area contributed by atoms with Crippen molar-refractivity contribution in [1.82, 2.24) is 5.32 Å². The van der Waals surface area contributed by atoms with Gasteiger partial charge in [0.25, 0.3) is 0 Å². The van der Waals surface area contributed by atoms with Crippen LogP contribution in [0.25, 0.3) is 0 Å². The molecule has 1 heterocycles. The predicted molar refractivity (Wildman–Crippen MR) is 74.5 cm³/mol. The number of piperidine rings is 1. The number of ether oxygens (including phenoxy) is 1. The maximum absolute atomic E-state index is 12.3. The molecule has 1 saturated heterocycles. The molecule has 106 valence electrons. The molecule has 0 radical (unpaired) electrons. The van der Waals surface area contributed by atoms with Crippen molar-refractivity contribution >= 4 is 5.97 Å². The van der Waals surface area contributed by atoms with Gasteiger partial charge >= 0.3 is 5.97 Å². The Hall–Kier alpha value is -0.570. The largest absolute Gasteiger partial charge is 0.465 e. The fraction of sp³-hybridized carbons (Fsp3) is 0.933. The zero-order valence-electron chi connectivity index (χ0n) is 12.1. The van der Waals surface area contributed by atoms with Gasteiger partial charge in [0.05, 0.1) is 12.0 Å². The molecule has 0 aliphatic carbocycles. The summed E-state index contributed by atoms with van der Waals surface area (Å²) in [4.78, 5) is 12.3. The lowest BCUT2D eigenvalue weighted by Gasteiger charge is -2.35. The predicted octanol–water partition coefficient (Wildman–Crippen LogP) is 3.28. The van der Waals surface area contributed by atoms with Gasteiger partial charge in [-0.15, -0.1) is 0 Å². The Kier molecular flexibility index (Phi) is 7.33. The average molecular weight is 255 g/mol. The Labute approximate surface area is 112 Å². The zero-order valence-corrected chi connectivity index (χ0v) is 12.1. The minimum absolute atomic E-state index is 0.0577. The standard InChI is InChI=1S/C15H29NO2/c1-3-5-6-7-13-18-14(17)15(8-4-2)9-11-16-12-10-15/h16H,3-13H2,1-2H3. The number of esters is 1. The lowest BCUT2D eigenvalue weighted by atomic mass is 9.75. The fourth-order valence-corrected chi connectivity index (χ4v) is 2.79. The quantitative estimate of drug-likeness (QED) is 0.534. The third kappa shape index (κ3) is 4.60. The van der Waals surface area contributed by atoms with Gasteiger partial charge < -0.3 is 10.1 Å². The Balaban J connectivity index is 2.35. The van der Waals surface area contributed by atoms with E-state index in [9.17, 15) is 4.79 Å². The van der Waals surface area contributed by atoms with Gasteiger partial charge in [0.2, 0.25) is 0 Å². The highest BCUT2D eigenvalue weighted by Gasteiger charge is 2.39. The van der Waals surface area contributed by atoms with E-state index in [0.717, 1.165) is 45.2 Å². The van der Waals surface area contributed by atoms with Crippen LogP contribution in [0.3, 0.4) is 0 Å². The molecule has 0 atom stereocenters. The van der Waals surface area contributed by atoms with Crippen molar-refractivity contribution in [3.63, 3.8) is 0 Å². The van der Waals surface area contributed by atoms with Crippen LogP contribution in [0.1, 0.15) is 65.2 Å². The van der Waals surface area contributed by atoms with Gasteiger partial charge in [0, 0.05) is 0 Å². The molecule has 0 aromatic carbocycles. The minimum atomic E-state index is -0.190. The second-order valence-electron chi connectivity index (χ2n) is 5.48. The fourth-order valence-electron chi connectivity index (χ4n) is 2.79. The van der Waals surface area contributed by atoms with Crippen LogP contribution < -0.4 is 5.32 Å². The first-order chi connectivity index (χ1) is 8.75. The van der Waals surface area contributed by atoms with E-state index in [1.165, 1.54) is 19.3 Å². The van der Waals surface area contributed by atoms with Gasteiger partial charge in [-0.25, -0.2) is 0 Å². The lowest BCUT2D eigenvalue weighted by Crippen LogP contribution is -2.43. The molecule has 0 bridgehead atoms. The monoisotopic (exact) mass is 255 g/mol. The molecule has 0 aromatic rings. The molecule has 1 N–H and O–H groups in total. The van der Waals surface area contributed by atoms with Crippen molar-refractivity contribution in [1.29, 1.82) is 0 Å². The molecule has 0 aromatic heterocycles. The third-order valence-corrected chi connectivity index (χ3v) is 3.95. The van der Waals surface area contributed by atoms with Crippen molar-refractivity contribution in [3.8, 4) is 0 Å². The Morgan fingerprint density at radius 1 is 1.11 bits per heavy atom. The zero-order chi connectivity index (χ0) is 13.3. The van der Waals surface area contributed by atoms with E-state index >= 15 is 0 Å². The molecule has 0 saturated carbocycles. The molecule has 1 rings (SSSR count). The second-order valence-corrected chi connectivity index (χ2v) is 5.48. The summed E-state index contributed by atoms with van der Waals surface area (Å²) in [5.41, 5.74) is -0.190. The summed E-state index contributed by atoms with van der Waals surface area (Å²) < 4.78 is 5.52. The van der Waals surface area contributed by atoms with Gasteiger partial charge in [-0.1, -0.05) is 39.5 Å². The highest BCUT2D eigenvalue weighted by atomic mass is 16.5. The number of rotatable bonds is 8. The maximum atomic E-state index is 12.3. The van der Waals surface area contributed by atoms with E-state index in [1.807, 2.05) is 0 Å². The molecule has 1 aliphatic heterocycles. The molecule has 1 aliphatic rings. The molecular formula is C15H29NO2. The van der Waals surface area contributed by atoms with E-state index in [1.54, 1.807) is 0 Å². The van der Waals surface area contributed by atoms with E-state index in [0.29, 0.717) is 6.61 Å². The van der Waals surface area contributed by atoms with Gasteiger partial charge in [-0.3, -0.25) is 4.79 Å². The average Bonchev–Trinajstić information content (AvgIpc) is 2.39. The van der Waals surface area contributed by atoms with Crippen molar-refractivity contribution in [2.24, 2.45) is 5.41 Å². The number of carbonyl (C=O) groups is 1. The highest BCUT2D eigenvalue weighted by Crippen LogP contribution is 2.35. The van der Waals surface area contributed by atoms with Crippen LogP contribution in [-0.4, -0.2) is 25.7 Å². The molecule has 0 amide bonds. The third-order valence-electron chi connectivity index (χ3n) is 3.95.